The molecule has 8 N–H and O–H groups in total. The lowest BCUT2D eigenvalue weighted by atomic mass is 9.83. The van der Waals surface area contributed by atoms with Crippen LogP contribution in [0.1, 0.15) is 66.2 Å². The van der Waals surface area contributed by atoms with Crippen LogP contribution in [0.2, 0.25) is 10.0 Å². The number of nitrogens with two attached hydrogens (primary N) is 1. The minimum atomic E-state index is -2.10. The Balaban J connectivity index is 0.000000320. The van der Waals surface area contributed by atoms with E-state index in [1.165, 1.54) is 17.1 Å². The molecule has 6 aliphatic rings. The van der Waals surface area contributed by atoms with Gasteiger partial charge in [-0.25, -0.2) is 9.69 Å². The van der Waals surface area contributed by atoms with Crippen molar-refractivity contribution in [3.8, 4) is 0 Å². The number of cyclic esters (lactones) is 1. The van der Waals surface area contributed by atoms with Gasteiger partial charge in [0.25, 0.3) is 0 Å². The number of amides is 2. The van der Waals surface area contributed by atoms with Gasteiger partial charge in [-0.15, -0.1) is 0 Å². The van der Waals surface area contributed by atoms with Gasteiger partial charge in [0.15, 0.2) is 12.1 Å². The van der Waals surface area contributed by atoms with E-state index in [2.05, 4.69) is 0 Å². The van der Waals surface area contributed by atoms with E-state index in [9.17, 15) is 49.8 Å². The van der Waals surface area contributed by atoms with Crippen LogP contribution in [0.15, 0.2) is 79.0 Å². The molecule has 356 valence electrons. The van der Waals surface area contributed by atoms with Crippen molar-refractivity contribution in [3.63, 3.8) is 0 Å². The zero-order valence-electron chi connectivity index (χ0n) is 36.4. The fourth-order valence-corrected chi connectivity index (χ4v) is 9.29. The number of hydrogen-bond acceptors (Lipinski definition) is 15. The number of esters is 1. The predicted octanol–water partition coefficient (Wildman–Crippen LogP) is 3.40. The standard InChI is InChI=1S/C33H47NO13.C13H11Cl2NO2/c1-18-10-8-6-4-3-5-7-9-11-21(45-32-30(39)28(34)29(38)19(2)44-32)15-25-27(31(40)41)22(36)17-33(42,47-25)16-20(35)14-24-23(46-24)12-13-26(37)43-18;1-12-6-13(12,2)11(18)16(10(12)17)9-4-7(14)3-8(15)5-9/h3-9,11-13,18-25,27-30,32,35-36,38-39,42H,10,14-17,34H2,1-2H3,(H,40,41);3-5H,6H2,1-2H3/b4-3+,7-5+,8-6+,11-9+,13-12+;/t18-,19-,20+,21+,22+,23-,24-,25+,27-,28+,29-,30+,32+,33-;/m1./s1. The van der Waals surface area contributed by atoms with Gasteiger partial charge in [-0.05, 0) is 58.4 Å². The van der Waals surface area contributed by atoms with Gasteiger partial charge in [0.2, 0.25) is 11.8 Å². The van der Waals surface area contributed by atoms with Crippen molar-refractivity contribution in [2.45, 2.75) is 145 Å². The zero-order chi connectivity index (χ0) is 47.6. The number of anilines is 1. The molecule has 1 saturated carbocycles. The molecular weight excluding hydrogens is 891 g/mol. The highest BCUT2D eigenvalue weighted by molar-refractivity contribution is 6.36. The van der Waals surface area contributed by atoms with Crippen molar-refractivity contribution < 1.29 is 73.5 Å². The van der Waals surface area contributed by atoms with Crippen molar-refractivity contribution in [2.24, 2.45) is 22.5 Å². The molecule has 65 heavy (non-hydrogen) atoms. The summed E-state index contributed by atoms with van der Waals surface area (Å²) in [5, 5.41) is 64.8. The molecule has 0 aromatic heterocycles. The molecule has 5 aliphatic heterocycles. The third-order valence-corrected chi connectivity index (χ3v) is 13.3. The highest BCUT2D eigenvalue weighted by Crippen LogP contribution is 2.69. The van der Waals surface area contributed by atoms with Crippen molar-refractivity contribution in [1.82, 2.24) is 0 Å². The third kappa shape index (κ3) is 11.8. The Hall–Kier alpha value is -3.82. The Kier molecular flexibility index (Phi) is 16.0. The molecule has 7 rings (SSSR count). The molecule has 2 unspecified atom stereocenters. The Labute approximate surface area is 386 Å². The fraction of sp³-hybridized carbons (Fsp3) is 0.565. The second-order valence-electron chi connectivity index (χ2n) is 18.0. The summed E-state index contributed by atoms with van der Waals surface area (Å²) < 4.78 is 28.5. The molecule has 0 spiro atoms. The van der Waals surface area contributed by atoms with Crippen LogP contribution in [0, 0.1) is 16.7 Å². The number of hydrogen-bond donors (Lipinski definition) is 7. The van der Waals surface area contributed by atoms with Crippen LogP contribution >= 0.6 is 23.2 Å². The molecule has 1 aliphatic carbocycles. The fourth-order valence-electron chi connectivity index (χ4n) is 8.78. The maximum absolute atomic E-state index is 12.3. The van der Waals surface area contributed by atoms with Crippen LogP contribution in [0.3, 0.4) is 0 Å². The Morgan fingerprint density at radius 2 is 1.48 bits per heavy atom. The number of ether oxygens (including phenoxy) is 5. The number of fused-ring (bicyclic) bond motifs is 4. The van der Waals surface area contributed by atoms with E-state index in [1.54, 1.807) is 74.6 Å². The quantitative estimate of drug-likeness (QED) is 0.130. The number of halogens is 2. The van der Waals surface area contributed by atoms with Gasteiger partial charge in [0, 0.05) is 48.2 Å². The molecular formula is C46H58Cl2N2O15. The van der Waals surface area contributed by atoms with E-state index in [1.807, 2.05) is 19.9 Å². The van der Waals surface area contributed by atoms with E-state index in [0.29, 0.717) is 28.6 Å². The smallest absolute Gasteiger partial charge is 0.330 e. The number of carboxylic acid groups (broad SMARTS) is 1. The Morgan fingerprint density at radius 3 is 2.12 bits per heavy atom. The highest BCUT2D eigenvalue weighted by atomic mass is 35.5. The van der Waals surface area contributed by atoms with Gasteiger partial charge in [-0.1, -0.05) is 71.8 Å². The number of imide groups is 1. The number of aliphatic carboxylic acids is 1. The first-order valence-electron chi connectivity index (χ1n) is 21.5. The van der Waals surface area contributed by atoms with Crippen molar-refractivity contribution in [1.29, 1.82) is 0 Å². The number of carboxylic acids is 1. The first kappa shape index (κ1) is 50.6. The summed E-state index contributed by atoms with van der Waals surface area (Å²) in [6, 6.07) is 3.66. The van der Waals surface area contributed by atoms with E-state index < -0.39 is 108 Å². The topological polar surface area (TPSA) is 268 Å². The van der Waals surface area contributed by atoms with Crippen molar-refractivity contribution in [2.75, 3.05) is 4.90 Å². The lowest BCUT2D eigenvalue weighted by molar-refractivity contribution is -0.308. The van der Waals surface area contributed by atoms with Gasteiger partial charge in [0.1, 0.15) is 24.2 Å². The SMILES string of the molecule is CC12CC1(C)C(=O)N(c1cc(Cl)cc(Cl)c1)C2=O.C[C@@H]1C/C=C/C=C/C=C/C=C/[C@H](O[C@@H]2O[C@H](C)[C@@H](O)[C@H](N)[C@@H]2O)C[C@@H]2O[C@](O)(C[C@@H](O)C[C@H]3O[C@@H]3/C=C/C(=O)O1)C[C@H](O)[C@H]2C(=O)O. The molecule has 2 bridgehead atoms. The first-order chi connectivity index (χ1) is 30.6. The van der Waals surface area contributed by atoms with Crippen LogP contribution in [-0.4, -0.2) is 134 Å². The number of carbonyl (C=O) groups excluding carboxylic acids is 3. The van der Waals surface area contributed by atoms with E-state index >= 15 is 0 Å². The molecule has 5 heterocycles. The van der Waals surface area contributed by atoms with Crippen LogP contribution < -0.4 is 10.6 Å². The Morgan fingerprint density at radius 1 is 0.846 bits per heavy atom. The summed E-state index contributed by atoms with van der Waals surface area (Å²) in [6.07, 6.45) is 5.88. The number of epoxide rings is 1. The number of piperidine rings is 1. The largest absolute Gasteiger partial charge is 0.481 e. The number of carbonyl (C=O) groups is 4. The number of rotatable bonds is 4. The number of aliphatic hydroxyl groups is 5. The first-order valence-corrected chi connectivity index (χ1v) is 22.3. The zero-order valence-corrected chi connectivity index (χ0v) is 37.9. The maximum Gasteiger partial charge on any atom is 0.330 e. The summed E-state index contributed by atoms with van der Waals surface area (Å²) in [7, 11) is 0. The summed E-state index contributed by atoms with van der Waals surface area (Å²) in [5.41, 5.74) is 5.32. The van der Waals surface area contributed by atoms with Gasteiger partial charge < -0.3 is 60.1 Å². The van der Waals surface area contributed by atoms with Crippen LogP contribution in [0.5, 0.6) is 0 Å². The van der Waals surface area contributed by atoms with E-state index in [0.717, 1.165) is 0 Å². The average Bonchev–Trinajstić information content (AvgIpc) is 4.08. The van der Waals surface area contributed by atoms with Crippen LogP contribution in [-0.2, 0) is 42.9 Å². The molecule has 17 nitrogen and oxygen atoms in total. The number of benzene rings is 1. The summed E-state index contributed by atoms with van der Waals surface area (Å²) in [6.45, 7) is 7.00. The Bertz CT molecular complexity index is 2050. The molecule has 5 fully saturated rings. The lowest BCUT2D eigenvalue weighted by Gasteiger charge is -2.45. The predicted molar refractivity (Wildman–Crippen MR) is 235 cm³/mol. The monoisotopic (exact) mass is 948 g/mol. The highest BCUT2D eigenvalue weighted by Gasteiger charge is 2.77. The normalized spacial score (nSPS) is 43.5. The third-order valence-electron chi connectivity index (χ3n) is 12.8. The summed E-state index contributed by atoms with van der Waals surface area (Å²) >= 11 is 11.8. The molecule has 0 radical (unpaired) electrons. The van der Waals surface area contributed by atoms with E-state index in [4.69, 9.17) is 52.6 Å². The van der Waals surface area contributed by atoms with Gasteiger partial charge in [0.05, 0.1) is 65.3 Å². The van der Waals surface area contributed by atoms with Crippen LogP contribution in [0.4, 0.5) is 5.69 Å². The number of nitrogens with zero attached hydrogens (tertiary/aromatic N) is 1. The molecule has 2 amide bonds. The van der Waals surface area contributed by atoms with Gasteiger partial charge in [-0.2, -0.15) is 0 Å². The van der Waals surface area contributed by atoms with Gasteiger partial charge in [-0.3, -0.25) is 14.4 Å². The van der Waals surface area contributed by atoms with Crippen molar-refractivity contribution >= 4 is 52.6 Å². The summed E-state index contributed by atoms with van der Waals surface area (Å²) in [5.74, 6) is -5.76. The van der Waals surface area contributed by atoms with E-state index in [-0.39, 0.29) is 37.2 Å². The van der Waals surface area contributed by atoms with Crippen LogP contribution in [0.25, 0.3) is 0 Å². The second-order valence-corrected chi connectivity index (χ2v) is 18.9. The maximum atomic E-state index is 12.3. The summed E-state index contributed by atoms with van der Waals surface area (Å²) in [4.78, 5) is 50.3. The second kappa shape index (κ2) is 20.6. The molecule has 1 aromatic rings. The molecule has 19 heteroatoms. The minimum Gasteiger partial charge on any atom is -0.481 e. The van der Waals surface area contributed by atoms with Gasteiger partial charge >= 0.3 is 11.9 Å². The minimum absolute atomic E-state index is 0.0789. The lowest BCUT2D eigenvalue weighted by Crippen LogP contribution is -2.61. The average molecular weight is 950 g/mol. The number of aliphatic hydroxyl groups excluding tert-OH is 4. The number of allylic oxidation sites excluding steroid dienone is 6. The molecule has 1 aromatic carbocycles. The molecule has 16 atom stereocenters. The van der Waals surface area contributed by atoms with Crippen molar-refractivity contribution in [3.05, 3.63) is 89.0 Å². The molecule has 4 saturated heterocycles.